The van der Waals surface area contributed by atoms with Crippen molar-refractivity contribution in [1.29, 1.82) is 0 Å². The molecule has 3 aromatic rings. The van der Waals surface area contributed by atoms with E-state index in [1.54, 1.807) is 24.3 Å². The van der Waals surface area contributed by atoms with Crippen LogP contribution in [0.4, 0.5) is 5.69 Å². The molecule has 0 saturated heterocycles. The number of carbonyl (C=O) groups excluding carboxylic acids is 2. The number of hydrogen-bond acceptors (Lipinski definition) is 4. The normalized spacial score (nSPS) is 18.2. The molecule has 0 radical (unpaired) electrons. The SMILES string of the molecule is C/C(=N/NC(=O)[C@H]1C[C@H]1c1ccccc1)c1ccc(NC(=O)c2ccco2)cc1. The fourth-order valence-corrected chi connectivity index (χ4v) is 3.24. The van der Waals surface area contributed by atoms with Crippen LogP contribution in [0.2, 0.25) is 0 Å². The van der Waals surface area contributed by atoms with Crippen LogP contribution in [-0.2, 0) is 4.79 Å². The molecule has 2 amide bonds. The highest BCUT2D eigenvalue weighted by Crippen LogP contribution is 2.47. The van der Waals surface area contributed by atoms with Gasteiger partial charge in [0.05, 0.1) is 12.0 Å². The number of hydrazone groups is 1. The first-order valence-electron chi connectivity index (χ1n) is 9.46. The Hall–Kier alpha value is -3.67. The van der Waals surface area contributed by atoms with Crippen LogP contribution in [0.15, 0.2) is 82.5 Å². The Labute approximate surface area is 168 Å². The van der Waals surface area contributed by atoms with E-state index in [4.69, 9.17) is 4.42 Å². The van der Waals surface area contributed by atoms with Crippen LogP contribution in [0.1, 0.15) is 40.9 Å². The van der Waals surface area contributed by atoms with E-state index in [2.05, 4.69) is 28.0 Å². The zero-order valence-electron chi connectivity index (χ0n) is 16.0. The Balaban J connectivity index is 1.32. The van der Waals surface area contributed by atoms with Gasteiger partial charge in [0.2, 0.25) is 5.91 Å². The summed E-state index contributed by atoms with van der Waals surface area (Å²) in [6.07, 6.45) is 2.31. The van der Waals surface area contributed by atoms with E-state index in [1.807, 2.05) is 37.3 Å². The van der Waals surface area contributed by atoms with Crippen molar-refractivity contribution in [1.82, 2.24) is 5.43 Å². The van der Waals surface area contributed by atoms with Gasteiger partial charge in [-0.1, -0.05) is 42.5 Å². The quantitative estimate of drug-likeness (QED) is 0.492. The largest absolute Gasteiger partial charge is 0.459 e. The van der Waals surface area contributed by atoms with Gasteiger partial charge in [0.25, 0.3) is 5.91 Å². The van der Waals surface area contributed by atoms with Crippen LogP contribution in [0.3, 0.4) is 0 Å². The van der Waals surface area contributed by atoms with Crippen molar-refractivity contribution in [2.45, 2.75) is 19.3 Å². The predicted octanol–water partition coefficient (Wildman–Crippen LogP) is 4.18. The molecule has 1 fully saturated rings. The summed E-state index contributed by atoms with van der Waals surface area (Å²) in [7, 11) is 0. The van der Waals surface area contributed by atoms with E-state index in [0.29, 0.717) is 11.4 Å². The lowest BCUT2D eigenvalue weighted by Crippen LogP contribution is -2.21. The van der Waals surface area contributed by atoms with E-state index in [-0.39, 0.29) is 29.4 Å². The molecule has 1 aliphatic rings. The molecule has 2 aromatic carbocycles. The van der Waals surface area contributed by atoms with Gasteiger partial charge in [-0.2, -0.15) is 5.10 Å². The van der Waals surface area contributed by atoms with E-state index in [0.717, 1.165) is 12.0 Å². The number of rotatable bonds is 6. The minimum Gasteiger partial charge on any atom is -0.459 e. The van der Waals surface area contributed by atoms with Crippen molar-refractivity contribution >= 4 is 23.2 Å². The standard InChI is InChI=1S/C23H21N3O3/c1-15(25-26-22(27)20-14-19(20)17-6-3-2-4-7-17)16-9-11-18(12-10-16)24-23(28)21-8-5-13-29-21/h2-13,19-20H,14H2,1H3,(H,24,28)(H,26,27)/b25-15-/t19-,20-/m0/s1. The van der Waals surface area contributed by atoms with Gasteiger partial charge in [0.1, 0.15) is 0 Å². The molecule has 0 spiro atoms. The minimum absolute atomic E-state index is 0.0202. The average Bonchev–Trinajstić information content (AvgIpc) is 3.37. The van der Waals surface area contributed by atoms with Gasteiger partial charge in [-0.15, -0.1) is 0 Å². The molecule has 29 heavy (non-hydrogen) atoms. The number of nitrogens with one attached hydrogen (secondary N) is 2. The van der Waals surface area contributed by atoms with E-state index < -0.39 is 0 Å². The molecule has 146 valence electrons. The number of benzene rings is 2. The zero-order chi connectivity index (χ0) is 20.2. The molecule has 4 rings (SSSR count). The minimum atomic E-state index is -0.308. The summed E-state index contributed by atoms with van der Waals surface area (Å²) in [5, 5.41) is 6.99. The summed E-state index contributed by atoms with van der Waals surface area (Å²) in [5.41, 5.74) is 6.07. The third-order valence-corrected chi connectivity index (χ3v) is 4.99. The summed E-state index contributed by atoms with van der Waals surface area (Å²) >= 11 is 0. The molecule has 1 heterocycles. The van der Waals surface area contributed by atoms with E-state index >= 15 is 0 Å². The Morgan fingerprint density at radius 2 is 1.76 bits per heavy atom. The number of anilines is 1. The topological polar surface area (TPSA) is 83.7 Å². The predicted molar refractivity (Wildman–Crippen MR) is 111 cm³/mol. The van der Waals surface area contributed by atoms with Crippen molar-refractivity contribution in [2.24, 2.45) is 11.0 Å². The lowest BCUT2D eigenvalue weighted by Gasteiger charge is -2.06. The van der Waals surface area contributed by atoms with Crippen LogP contribution >= 0.6 is 0 Å². The van der Waals surface area contributed by atoms with Crippen LogP contribution < -0.4 is 10.7 Å². The van der Waals surface area contributed by atoms with Crippen molar-refractivity contribution in [3.8, 4) is 0 Å². The number of carbonyl (C=O) groups is 2. The molecule has 1 aliphatic carbocycles. The zero-order valence-corrected chi connectivity index (χ0v) is 16.0. The van der Waals surface area contributed by atoms with Crippen molar-refractivity contribution < 1.29 is 14.0 Å². The van der Waals surface area contributed by atoms with Crippen LogP contribution in [0.5, 0.6) is 0 Å². The highest BCUT2D eigenvalue weighted by molar-refractivity contribution is 6.03. The molecular formula is C23H21N3O3. The first-order valence-corrected chi connectivity index (χ1v) is 9.46. The number of nitrogens with zero attached hydrogens (tertiary/aromatic N) is 1. The summed E-state index contributed by atoms with van der Waals surface area (Å²) in [6.45, 7) is 1.83. The smallest absolute Gasteiger partial charge is 0.291 e. The first-order chi connectivity index (χ1) is 14.1. The Morgan fingerprint density at radius 3 is 2.45 bits per heavy atom. The van der Waals surface area contributed by atoms with Crippen molar-refractivity contribution in [2.75, 3.05) is 5.32 Å². The summed E-state index contributed by atoms with van der Waals surface area (Å²) in [6, 6.07) is 20.6. The fraction of sp³-hybridized carbons (Fsp3) is 0.174. The molecule has 1 aromatic heterocycles. The third-order valence-electron chi connectivity index (χ3n) is 4.99. The highest BCUT2D eigenvalue weighted by atomic mass is 16.3. The third kappa shape index (κ3) is 4.43. The van der Waals surface area contributed by atoms with Gasteiger partial charge >= 0.3 is 0 Å². The highest BCUT2D eigenvalue weighted by Gasteiger charge is 2.43. The summed E-state index contributed by atoms with van der Waals surface area (Å²) < 4.78 is 5.07. The lowest BCUT2D eigenvalue weighted by molar-refractivity contribution is -0.122. The average molecular weight is 387 g/mol. The molecule has 0 unspecified atom stereocenters. The Bertz CT molecular complexity index is 1020. The fourth-order valence-electron chi connectivity index (χ4n) is 3.24. The molecular weight excluding hydrogens is 366 g/mol. The first kappa shape index (κ1) is 18.7. The van der Waals surface area contributed by atoms with Gasteiger partial charge in [-0.3, -0.25) is 9.59 Å². The molecule has 2 atom stereocenters. The molecule has 2 N–H and O–H groups in total. The van der Waals surface area contributed by atoms with Gasteiger partial charge in [0, 0.05) is 11.6 Å². The van der Waals surface area contributed by atoms with Gasteiger partial charge < -0.3 is 9.73 Å². The van der Waals surface area contributed by atoms with Crippen LogP contribution in [-0.4, -0.2) is 17.5 Å². The van der Waals surface area contributed by atoms with Gasteiger partial charge in [-0.25, -0.2) is 5.43 Å². The monoisotopic (exact) mass is 387 g/mol. The van der Waals surface area contributed by atoms with Crippen molar-refractivity contribution in [3.05, 3.63) is 89.9 Å². The van der Waals surface area contributed by atoms with E-state index in [9.17, 15) is 9.59 Å². The second-order valence-electron chi connectivity index (χ2n) is 7.04. The number of amides is 2. The van der Waals surface area contributed by atoms with Crippen LogP contribution in [0.25, 0.3) is 0 Å². The van der Waals surface area contributed by atoms with Crippen molar-refractivity contribution in [3.63, 3.8) is 0 Å². The second kappa shape index (κ2) is 8.14. The maximum absolute atomic E-state index is 12.3. The summed E-state index contributed by atoms with van der Waals surface area (Å²) in [4.78, 5) is 24.3. The Kier molecular flexibility index (Phi) is 5.24. The lowest BCUT2D eigenvalue weighted by atomic mass is 10.1. The molecule has 6 nitrogen and oxygen atoms in total. The number of hydrogen-bond donors (Lipinski definition) is 2. The van der Waals surface area contributed by atoms with Gasteiger partial charge in [0.15, 0.2) is 5.76 Å². The van der Waals surface area contributed by atoms with E-state index in [1.165, 1.54) is 11.8 Å². The summed E-state index contributed by atoms with van der Waals surface area (Å²) in [5.74, 6) is 0.152. The number of furan rings is 1. The van der Waals surface area contributed by atoms with Crippen LogP contribution in [0, 0.1) is 5.92 Å². The van der Waals surface area contributed by atoms with Gasteiger partial charge in [-0.05, 0) is 54.7 Å². The molecule has 1 saturated carbocycles. The maximum atomic E-state index is 12.3. The molecule has 0 bridgehead atoms. The second-order valence-corrected chi connectivity index (χ2v) is 7.04. The molecule has 6 heteroatoms. The molecule has 0 aliphatic heterocycles. The Morgan fingerprint density at radius 1 is 1.00 bits per heavy atom. The maximum Gasteiger partial charge on any atom is 0.291 e.